The SMILES string of the molecule is CCCB(Br)O[P+](C)(C)C. The Balaban J connectivity index is 3.47. The second-order valence-electron chi connectivity index (χ2n) is 3.19. The van der Waals surface area contributed by atoms with E-state index >= 15 is 0 Å². The van der Waals surface area contributed by atoms with Crippen molar-refractivity contribution in [3.8, 4) is 0 Å². The van der Waals surface area contributed by atoms with E-state index in [2.05, 4.69) is 42.7 Å². The number of halogens is 1. The maximum Gasteiger partial charge on any atom is 0.425 e. The summed E-state index contributed by atoms with van der Waals surface area (Å²) in [4.78, 5) is 0. The third kappa shape index (κ3) is 7.05. The van der Waals surface area contributed by atoms with Crippen LogP contribution in [0, 0.1) is 0 Å². The molecule has 0 atom stereocenters. The second-order valence-corrected chi connectivity index (χ2v) is 8.20. The van der Waals surface area contributed by atoms with Gasteiger partial charge in [0.2, 0.25) is 0 Å². The zero-order valence-electron chi connectivity index (χ0n) is 7.22. The van der Waals surface area contributed by atoms with Crippen molar-refractivity contribution >= 4 is 29.0 Å². The van der Waals surface area contributed by atoms with Gasteiger partial charge in [0.1, 0.15) is 7.49 Å². The average Bonchev–Trinajstić information content (AvgIpc) is 1.59. The van der Waals surface area contributed by atoms with E-state index in [1.54, 1.807) is 0 Å². The highest BCUT2D eigenvalue weighted by molar-refractivity contribution is 9.24. The molecule has 0 heterocycles. The van der Waals surface area contributed by atoms with Crippen LogP contribution in [-0.2, 0) is 4.44 Å². The maximum absolute atomic E-state index is 5.71. The van der Waals surface area contributed by atoms with Crippen LogP contribution in [-0.4, -0.2) is 25.7 Å². The second kappa shape index (κ2) is 4.74. The standard InChI is InChI=1S/C6H16BBrOP/c1-5-6-7(8)9-10(2,3)4/h5-6H2,1-4H3/q+1. The zero-order chi connectivity index (χ0) is 8.20. The van der Waals surface area contributed by atoms with Crippen molar-refractivity contribution in [3.63, 3.8) is 0 Å². The highest BCUT2D eigenvalue weighted by atomic mass is 79.9. The zero-order valence-corrected chi connectivity index (χ0v) is 9.71. The lowest BCUT2D eigenvalue weighted by Crippen LogP contribution is -2.08. The number of rotatable bonds is 4. The van der Waals surface area contributed by atoms with Crippen LogP contribution in [0.1, 0.15) is 13.3 Å². The first-order chi connectivity index (χ1) is 4.45. The minimum atomic E-state index is -1.05. The minimum Gasteiger partial charge on any atom is -0.286 e. The lowest BCUT2D eigenvalue weighted by molar-refractivity contribution is 0.643. The van der Waals surface area contributed by atoms with E-state index in [4.69, 9.17) is 4.44 Å². The fourth-order valence-electron chi connectivity index (χ4n) is 0.623. The van der Waals surface area contributed by atoms with Gasteiger partial charge >= 0.3 is 5.74 Å². The minimum absolute atomic E-state index is 0.269. The van der Waals surface area contributed by atoms with Gasteiger partial charge in [-0.05, 0) is 6.32 Å². The number of hydrogen-bond acceptors (Lipinski definition) is 1. The Bertz CT molecular complexity index is 94.2. The Hall–Kier alpha value is 0.935. The quantitative estimate of drug-likeness (QED) is 0.528. The Morgan fingerprint density at radius 1 is 1.40 bits per heavy atom. The van der Waals surface area contributed by atoms with Gasteiger partial charge in [-0.25, -0.2) is 0 Å². The van der Waals surface area contributed by atoms with Crippen LogP contribution in [0.25, 0.3) is 0 Å². The molecule has 0 saturated heterocycles. The van der Waals surface area contributed by atoms with Crippen molar-refractivity contribution in [1.82, 2.24) is 0 Å². The van der Waals surface area contributed by atoms with Crippen molar-refractivity contribution < 1.29 is 4.44 Å². The molecule has 4 heteroatoms. The first kappa shape index (κ1) is 10.9. The first-order valence-corrected chi connectivity index (χ1v) is 7.56. The van der Waals surface area contributed by atoms with E-state index < -0.39 is 7.49 Å². The fourth-order valence-corrected chi connectivity index (χ4v) is 3.38. The van der Waals surface area contributed by atoms with Crippen LogP contribution in [0.2, 0.25) is 6.32 Å². The molecule has 0 aromatic heterocycles. The molecule has 10 heavy (non-hydrogen) atoms. The van der Waals surface area contributed by atoms with Gasteiger partial charge in [0.05, 0.1) is 20.0 Å². The van der Waals surface area contributed by atoms with Crippen LogP contribution in [0.3, 0.4) is 0 Å². The molecule has 0 aliphatic heterocycles. The summed E-state index contributed by atoms with van der Waals surface area (Å²) in [6.07, 6.45) is 2.28. The molecule has 0 aliphatic rings. The molecule has 0 amide bonds. The van der Waals surface area contributed by atoms with Crippen LogP contribution in [0.15, 0.2) is 0 Å². The monoisotopic (exact) mass is 225 g/mol. The molecule has 0 fully saturated rings. The molecule has 0 aliphatic carbocycles. The van der Waals surface area contributed by atoms with Crippen LogP contribution in [0.4, 0.5) is 0 Å². The topological polar surface area (TPSA) is 9.23 Å². The van der Waals surface area contributed by atoms with Gasteiger partial charge < -0.3 is 0 Å². The summed E-state index contributed by atoms with van der Waals surface area (Å²) < 4.78 is 5.71. The van der Waals surface area contributed by atoms with E-state index in [0.717, 1.165) is 6.32 Å². The largest absolute Gasteiger partial charge is 0.425 e. The van der Waals surface area contributed by atoms with Gasteiger partial charge in [-0.3, -0.25) is 4.44 Å². The maximum atomic E-state index is 5.71. The molecule has 0 radical (unpaired) electrons. The van der Waals surface area contributed by atoms with E-state index in [-0.39, 0.29) is 5.74 Å². The van der Waals surface area contributed by atoms with Gasteiger partial charge in [-0.1, -0.05) is 13.3 Å². The van der Waals surface area contributed by atoms with E-state index in [9.17, 15) is 0 Å². The average molecular weight is 226 g/mol. The molecule has 0 saturated carbocycles. The lowest BCUT2D eigenvalue weighted by Gasteiger charge is -2.13. The Labute approximate surface area is 73.4 Å². The van der Waals surface area contributed by atoms with Gasteiger partial charge in [-0.2, -0.15) is 0 Å². The third-order valence-electron chi connectivity index (χ3n) is 0.946. The smallest absolute Gasteiger partial charge is 0.286 e. The molecule has 0 bridgehead atoms. The number of hydrogen-bond donors (Lipinski definition) is 0. The summed E-state index contributed by atoms with van der Waals surface area (Å²) in [7, 11) is -1.05. The summed E-state index contributed by atoms with van der Waals surface area (Å²) in [6.45, 7) is 8.70. The summed E-state index contributed by atoms with van der Waals surface area (Å²) >= 11 is 3.48. The van der Waals surface area contributed by atoms with Gasteiger partial charge in [0.25, 0.3) is 0 Å². The Kier molecular flexibility index (Phi) is 5.18. The van der Waals surface area contributed by atoms with E-state index in [1.807, 2.05) is 0 Å². The molecule has 0 aromatic rings. The summed E-state index contributed by atoms with van der Waals surface area (Å²) in [5.74, 6) is 0. The molecule has 0 rings (SSSR count). The highest BCUT2D eigenvalue weighted by Crippen LogP contribution is 2.49. The highest BCUT2D eigenvalue weighted by Gasteiger charge is 2.25. The van der Waals surface area contributed by atoms with Crippen molar-refractivity contribution in [2.45, 2.75) is 19.7 Å². The predicted octanol–water partition coefficient (Wildman–Crippen LogP) is 3.12. The molecular weight excluding hydrogens is 210 g/mol. The first-order valence-electron chi connectivity index (χ1n) is 3.59. The summed E-state index contributed by atoms with van der Waals surface area (Å²) in [5, 5.41) is 0. The van der Waals surface area contributed by atoms with Crippen molar-refractivity contribution in [2.75, 3.05) is 20.0 Å². The van der Waals surface area contributed by atoms with Gasteiger partial charge in [-0.15, -0.1) is 15.8 Å². The molecule has 0 unspecified atom stereocenters. The Morgan fingerprint density at radius 2 is 1.90 bits per heavy atom. The normalized spacial score (nSPS) is 11.7. The predicted molar refractivity (Wildman–Crippen MR) is 55.6 cm³/mol. The van der Waals surface area contributed by atoms with Crippen LogP contribution < -0.4 is 0 Å². The van der Waals surface area contributed by atoms with Gasteiger partial charge in [0.15, 0.2) is 0 Å². The molecule has 60 valence electrons. The molecule has 1 nitrogen and oxygen atoms in total. The summed E-state index contributed by atoms with van der Waals surface area (Å²) in [5.41, 5.74) is 0.269. The molecule has 0 aromatic carbocycles. The van der Waals surface area contributed by atoms with Crippen LogP contribution >= 0.6 is 23.2 Å². The van der Waals surface area contributed by atoms with Gasteiger partial charge in [0, 0.05) is 0 Å². The van der Waals surface area contributed by atoms with Crippen LogP contribution in [0.5, 0.6) is 0 Å². The molecular formula is C6H16BBrOP+. The van der Waals surface area contributed by atoms with Crippen molar-refractivity contribution in [1.29, 1.82) is 0 Å². The summed E-state index contributed by atoms with van der Waals surface area (Å²) in [6, 6.07) is 0. The fraction of sp³-hybridized carbons (Fsp3) is 1.00. The van der Waals surface area contributed by atoms with E-state index in [0.29, 0.717) is 0 Å². The van der Waals surface area contributed by atoms with Crippen molar-refractivity contribution in [3.05, 3.63) is 0 Å². The molecule has 0 spiro atoms. The van der Waals surface area contributed by atoms with E-state index in [1.165, 1.54) is 6.42 Å². The third-order valence-corrected chi connectivity index (χ3v) is 2.77. The lowest BCUT2D eigenvalue weighted by atomic mass is 9.94. The Morgan fingerprint density at radius 3 is 2.20 bits per heavy atom. The van der Waals surface area contributed by atoms with Crippen molar-refractivity contribution in [2.24, 2.45) is 0 Å². The molecule has 0 N–H and O–H groups in total.